The lowest BCUT2D eigenvalue weighted by atomic mass is 9.77. The molecule has 2 aromatic carbocycles. The molecule has 4 rings (SSSR count). The van der Waals surface area contributed by atoms with Crippen LogP contribution in [0.2, 0.25) is 0 Å². The quantitative estimate of drug-likeness (QED) is 0.567. The van der Waals surface area contributed by atoms with Gasteiger partial charge in [-0.1, -0.05) is 55.1 Å². The third-order valence-electron chi connectivity index (χ3n) is 5.36. The van der Waals surface area contributed by atoms with Crippen LogP contribution in [0.4, 0.5) is 5.69 Å². The molecule has 0 radical (unpaired) electrons. The van der Waals surface area contributed by atoms with Gasteiger partial charge in [0.05, 0.1) is 23.4 Å². The number of nitrogens with zero attached hydrogens (tertiary/aromatic N) is 2. The van der Waals surface area contributed by atoms with Crippen LogP contribution in [-0.4, -0.2) is 36.7 Å². The number of anilines is 1. The summed E-state index contributed by atoms with van der Waals surface area (Å²) < 4.78 is 0. The fourth-order valence-corrected chi connectivity index (χ4v) is 4.15. The molecule has 0 aliphatic carbocycles. The van der Waals surface area contributed by atoms with E-state index in [1.54, 1.807) is 0 Å². The Hall–Kier alpha value is -3.28. The molecule has 0 fully saturated rings. The van der Waals surface area contributed by atoms with Crippen molar-refractivity contribution in [2.75, 3.05) is 26.5 Å². The van der Waals surface area contributed by atoms with Crippen LogP contribution < -0.4 is 11.1 Å². The minimum Gasteiger partial charge on any atom is -0.375 e. The van der Waals surface area contributed by atoms with Crippen LogP contribution in [0.25, 0.3) is 6.08 Å². The van der Waals surface area contributed by atoms with Gasteiger partial charge in [0, 0.05) is 24.0 Å². The van der Waals surface area contributed by atoms with E-state index in [4.69, 9.17) is 0 Å². The van der Waals surface area contributed by atoms with Crippen LogP contribution in [0.3, 0.4) is 0 Å². The van der Waals surface area contributed by atoms with Gasteiger partial charge in [-0.25, -0.2) is 0 Å². The topological polar surface area (TPSA) is 78.0 Å². The number of nitrogens with one attached hydrogen (secondary N) is 2. The first kappa shape index (κ1) is 22.4. The van der Waals surface area contributed by atoms with E-state index in [0.717, 1.165) is 34.6 Å². The second-order valence-electron chi connectivity index (χ2n) is 7.72. The van der Waals surface area contributed by atoms with Crippen LogP contribution in [0.1, 0.15) is 39.9 Å². The number of pyridine rings is 1. The van der Waals surface area contributed by atoms with Crippen molar-refractivity contribution in [2.45, 2.75) is 18.5 Å². The monoisotopic (exact) mass is 413 g/mol. The molecule has 2 atom stereocenters. The predicted octanol–water partition coefficient (Wildman–Crippen LogP) is 4.68. The van der Waals surface area contributed by atoms with Gasteiger partial charge in [-0.2, -0.15) is 0 Å². The van der Waals surface area contributed by atoms with Gasteiger partial charge in [0.1, 0.15) is 0 Å². The van der Waals surface area contributed by atoms with Gasteiger partial charge in [-0.15, -0.1) is 0 Å². The second kappa shape index (κ2) is 10.2. The highest BCUT2D eigenvalue weighted by Crippen LogP contribution is 2.43. The van der Waals surface area contributed by atoms with E-state index in [-0.39, 0.29) is 12.0 Å². The van der Waals surface area contributed by atoms with E-state index in [1.807, 2.05) is 48.7 Å². The predicted molar refractivity (Wildman–Crippen MR) is 131 cm³/mol. The molecule has 0 saturated heterocycles. The number of hydrogen-bond acceptors (Lipinski definition) is 5. The van der Waals surface area contributed by atoms with Gasteiger partial charge >= 0.3 is 0 Å². The summed E-state index contributed by atoms with van der Waals surface area (Å²) in [6.07, 6.45) is 3.64. The van der Waals surface area contributed by atoms with Crippen LogP contribution in [0, 0.1) is 5.41 Å². The van der Waals surface area contributed by atoms with E-state index in [0.29, 0.717) is 5.71 Å². The molecule has 5 nitrogen and oxygen atoms in total. The lowest BCUT2D eigenvalue weighted by molar-refractivity contribution is 0.402. The number of hydrogen-bond donors (Lipinski definition) is 3. The summed E-state index contributed by atoms with van der Waals surface area (Å²) >= 11 is 0. The molecule has 0 saturated carbocycles. The number of rotatable bonds is 5. The lowest BCUT2D eigenvalue weighted by Crippen LogP contribution is -2.33. The van der Waals surface area contributed by atoms with E-state index in [9.17, 15) is 5.41 Å². The second-order valence-corrected chi connectivity index (χ2v) is 7.72. The summed E-state index contributed by atoms with van der Waals surface area (Å²) in [5.41, 5.74) is 11.3. The standard InChI is InChI=1S/C25H26N4.CH5N/c1-4-18-10-8-13-20-22(18)24(26)23(25(28-20)21-12-5-6-14-27-21)19-11-7-9-17(15-19)16-29(2)3;1-2/h4-15,23,25-26,28H,1,16H2,2-3H3;2H2,1H3. The van der Waals surface area contributed by atoms with Crippen molar-refractivity contribution in [3.8, 4) is 0 Å². The Labute approximate surface area is 185 Å². The first-order valence-corrected chi connectivity index (χ1v) is 10.4. The minimum atomic E-state index is -0.138. The summed E-state index contributed by atoms with van der Waals surface area (Å²) in [5.74, 6) is -0.138. The van der Waals surface area contributed by atoms with Gasteiger partial charge in [0.2, 0.25) is 0 Å². The molecule has 1 aliphatic heterocycles. The van der Waals surface area contributed by atoms with Crippen LogP contribution in [-0.2, 0) is 6.54 Å². The number of fused-ring (bicyclic) bond motifs is 1. The molecule has 31 heavy (non-hydrogen) atoms. The molecule has 3 aromatic rings. The third kappa shape index (κ3) is 4.74. The molecule has 0 spiro atoms. The summed E-state index contributed by atoms with van der Waals surface area (Å²) in [4.78, 5) is 6.77. The average molecular weight is 414 g/mol. The molecule has 0 amide bonds. The lowest BCUT2D eigenvalue weighted by Gasteiger charge is -2.36. The molecule has 1 aromatic heterocycles. The van der Waals surface area contributed by atoms with Crippen molar-refractivity contribution in [2.24, 2.45) is 5.73 Å². The summed E-state index contributed by atoms with van der Waals surface area (Å²) in [6.45, 7) is 4.82. The van der Waals surface area contributed by atoms with Crippen LogP contribution in [0.5, 0.6) is 0 Å². The van der Waals surface area contributed by atoms with Gasteiger partial charge in [-0.3, -0.25) is 4.98 Å². The zero-order chi connectivity index (χ0) is 22.4. The van der Waals surface area contributed by atoms with Crippen molar-refractivity contribution in [1.29, 1.82) is 5.41 Å². The Kier molecular flexibility index (Phi) is 7.34. The van der Waals surface area contributed by atoms with Crippen molar-refractivity contribution >= 4 is 17.5 Å². The average Bonchev–Trinajstić information content (AvgIpc) is 2.80. The van der Waals surface area contributed by atoms with Crippen molar-refractivity contribution in [3.63, 3.8) is 0 Å². The maximum absolute atomic E-state index is 9.18. The maximum atomic E-state index is 9.18. The van der Waals surface area contributed by atoms with E-state index in [1.165, 1.54) is 12.6 Å². The van der Waals surface area contributed by atoms with Crippen molar-refractivity contribution in [3.05, 3.63) is 101 Å². The number of aromatic nitrogens is 1. The van der Waals surface area contributed by atoms with Gasteiger partial charge in [0.15, 0.2) is 0 Å². The zero-order valence-electron chi connectivity index (χ0n) is 18.5. The van der Waals surface area contributed by atoms with E-state index < -0.39 is 0 Å². The Morgan fingerprint density at radius 1 is 1.10 bits per heavy atom. The first-order chi connectivity index (χ1) is 15.1. The zero-order valence-corrected chi connectivity index (χ0v) is 18.5. The summed E-state index contributed by atoms with van der Waals surface area (Å²) in [6, 6.07) is 20.5. The van der Waals surface area contributed by atoms with Crippen molar-refractivity contribution in [1.82, 2.24) is 9.88 Å². The molecular formula is C26H31N5. The normalized spacial score (nSPS) is 17.3. The molecule has 160 valence electrons. The largest absolute Gasteiger partial charge is 0.375 e. The van der Waals surface area contributed by atoms with Gasteiger partial charge in [-0.05, 0) is 56.0 Å². The molecule has 4 N–H and O–H groups in total. The summed E-state index contributed by atoms with van der Waals surface area (Å²) in [5, 5.41) is 12.8. The fourth-order valence-electron chi connectivity index (χ4n) is 4.15. The molecule has 2 heterocycles. The van der Waals surface area contributed by atoms with Gasteiger partial charge < -0.3 is 21.4 Å². The van der Waals surface area contributed by atoms with Crippen molar-refractivity contribution < 1.29 is 0 Å². The molecule has 5 heteroatoms. The van der Waals surface area contributed by atoms with E-state index in [2.05, 4.69) is 65.9 Å². The van der Waals surface area contributed by atoms with E-state index >= 15 is 0 Å². The third-order valence-corrected chi connectivity index (χ3v) is 5.36. The first-order valence-electron chi connectivity index (χ1n) is 10.4. The Bertz CT molecular complexity index is 1040. The van der Waals surface area contributed by atoms with Crippen LogP contribution >= 0.6 is 0 Å². The number of benzene rings is 2. The smallest absolute Gasteiger partial charge is 0.0809 e. The molecular weight excluding hydrogens is 382 g/mol. The molecule has 2 unspecified atom stereocenters. The highest BCUT2D eigenvalue weighted by Gasteiger charge is 2.36. The van der Waals surface area contributed by atoms with Crippen LogP contribution in [0.15, 0.2) is 73.4 Å². The maximum Gasteiger partial charge on any atom is 0.0809 e. The highest BCUT2D eigenvalue weighted by molar-refractivity contribution is 6.11. The number of nitrogens with two attached hydrogens (primary N) is 1. The molecule has 0 bridgehead atoms. The SMILES string of the molecule is C=Cc1cccc2c1C(=N)C(c1cccc(CN(C)C)c1)C(c1ccccn1)N2.CN. The minimum absolute atomic E-state index is 0.106. The Morgan fingerprint density at radius 2 is 1.87 bits per heavy atom. The highest BCUT2D eigenvalue weighted by atomic mass is 15.0. The Morgan fingerprint density at radius 3 is 2.55 bits per heavy atom. The fraction of sp³-hybridized carbons (Fsp3) is 0.231. The Balaban J connectivity index is 0.00000132. The summed E-state index contributed by atoms with van der Waals surface area (Å²) in [7, 11) is 5.64. The van der Waals surface area contributed by atoms with Gasteiger partial charge in [0.25, 0.3) is 0 Å². The molecule has 1 aliphatic rings.